The highest BCUT2D eigenvalue weighted by Gasteiger charge is 2.29. The molecule has 1 aromatic heterocycles. The smallest absolute Gasteiger partial charge is 0.0907 e. The first-order chi connectivity index (χ1) is 9.43. The maximum atomic E-state index is 6.17. The molecule has 20 heavy (non-hydrogen) atoms. The Bertz CT molecular complexity index is 635. The minimum atomic E-state index is -0.0635. The molecule has 2 aromatic rings. The second-order valence-electron chi connectivity index (χ2n) is 6.08. The van der Waals surface area contributed by atoms with Crippen molar-refractivity contribution in [3.8, 4) is 0 Å². The fourth-order valence-electron chi connectivity index (χ4n) is 2.80. The zero-order valence-electron chi connectivity index (χ0n) is 12.2. The Morgan fingerprint density at radius 2 is 2.25 bits per heavy atom. The third-order valence-corrected chi connectivity index (χ3v) is 4.66. The number of thiazole rings is 1. The predicted octanol–water partition coefficient (Wildman–Crippen LogP) is 3.56. The number of nitrogen functional groups attached to an aromatic ring is 1. The lowest BCUT2D eigenvalue weighted by Gasteiger charge is -2.36. The van der Waals surface area contributed by atoms with E-state index in [0.717, 1.165) is 46.0 Å². The largest absolute Gasteiger partial charge is 0.397 e. The van der Waals surface area contributed by atoms with Crippen molar-refractivity contribution in [2.24, 2.45) is 0 Å². The van der Waals surface area contributed by atoms with E-state index in [9.17, 15) is 0 Å². The average Bonchev–Trinajstić information content (AvgIpc) is 2.67. The highest BCUT2D eigenvalue weighted by Crippen LogP contribution is 2.32. The molecule has 4 nitrogen and oxygen atoms in total. The van der Waals surface area contributed by atoms with Crippen molar-refractivity contribution in [3.63, 3.8) is 0 Å². The summed E-state index contributed by atoms with van der Waals surface area (Å²) in [4.78, 5) is 4.53. The van der Waals surface area contributed by atoms with Crippen LogP contribution in [0.2, 0.25) is 0 Å². The number of ether oxygens (including phenoxy) is 1. The van der Waals surface area contributed by atoms with Gasteiger partial charge in [0, 0.05) is 12.6 Å². The zero-order valence-corrected chi connectivity index (χ0v) is 13.0. The van der Waals surface area contributed by atoms with Gasteiger partial charge in [-0.15, -0.1) is 11.3 Å². The topological polar surface area (TPSA) is 60.2 Å². The van der Waals surface area contributed by atoms with Crippen molar-refractivity contribution in [1.82, 2.24) is 4.98 Å². The standard InChI is InChI=1S/C15H21N3OS/c1-9-17-13-7-12(11(16)6-14(13)20-9)18-10-4-5-19-15(2,3)8-10/h6-7,10,18H,4-5,8,16H2,1-3H3. The number of fused-ring (bicyclic) bond motifs is 1. The van der Waals surface area contributed by atoms with Gasteiger partial charge < -0.3 is 15.8 Å². The first-order valence-corrected chi connectivity index (χ1v) is 7.82. The number of nitrogens with one attached hydrogen (secondary N) is 1. The predicted molar refractivity (Wildman–Crippen MR) is 85.4 cm³/mol. The number of hydrogen-bond acceptors (Lipinski definition) is 5. The van der Waals surface area contributed by atoms with Gasteiger partial charge in [0.15, 0.2) is 0 Å². The van der Waals surface area contributed by atoms with E-state index in [1.54, 1.807) is 11.3 Å². The minimum absolute atomic E-state index is 0.0635. The van der Waals surface area contributed by atoms with Crippen molar-refractivity contribution in [2.45, 2.75) is 45.3 Å². The van der Waals surface area contributed by atoms with Crippen LogP contribution in [0.3, 0.4) is 0 Å². The number of aromatic nitrogens is 1. The summed E-state index contributed by atoms with van der Waals surface area (Å²) in [7, 11) is 0. The average molecular weight is 291 g/mol. The maximum Gasteiger partial charge on any atom is 0.0907 e. The van der Waals surface area contributed by atoms with E-state index in [1.807, 2.05) is 13.0 Å². The van der Waals surface area contributed by atoms with Crippen LogP contribution in [0.1, 0.15) is 31.7 Å². The van der Waals surface area contributed by atoms with E-state index in [2.05, 4.69) is 30.2 Å². The van der Waals surface area contributed by atoms with Gasteiger partial charge in [-0.2, -0.15) is 0 Å². The second kappa shape index (κ2) is 4.90. The highest BCUT2D eigenvalue weighted by molar-refractivity contribution is 7.18. The summed E-state index contributed by atoms with van der Waals surface area (Å²) in [6, 6.07) is 4.49. The number of anilines is 2. The van der Waals surface area contributed by atoms with Gasteiger partial charge in [-0.1, -0.05) is 0 Å². The first-order valence-electron chi connectivity index (χ1n) is 7.00. The first kappa shape index (κ1) is 13.6. The normalized spacial score (nSPS) is 22.1. The molecule has 0 spiro atoms. The summed E-state index contributed by atoms with van der Waals surface area (Å²) >= 11 is 1.68. The number of benzene rings is 1. The van der Waals surface area contributed by atoms with Gasteiger partial charge in [0.1, 0.15) is 0 Å². The molecule has 3 rings (SSSR count). The van der Waals surface area contributed by atoms with E-state index >= 15 is 0 Å². The Morgan fingerprint density at radius 1 is 1.45 bits per heavy atom. The molecule has 5 heteroatoms. The lowest BCUT2D eigenvalue weighted by atomic mass is 9.93. The number of rotatable bonds is 2. The Labute approximate surface area is 123 Å². The lowest BCUT2D eigenvalue weighted by molar-refractivity contribution is -0.0553. The Balaban J connectivity index is 1.84. The van der Waals surface area contributed by atoms with E-state index < -0.39 is 0 Å². The van der Waals surface area contributed by atoms with Crippen LogP contribution in [-0.4, -0.2) is 23.2 Å². The van der Waals surface area contributed by atoms with Crippen LogP contribution < -0.4 is 11.1 Å². The zero-order chi connectivity index (χ0) is 14.3. The SMILES string of the molecule is Cc1nc2cc(NC3CCOC(C)(C)C3)c(N)cc2s1. The van der Waals surface area contributed by atoms with Crippen molar-refractivity contribution in [1.29, 1.82) is 0 Å². The molecule has 1 saturated heterocycles. The van der Waals surface area contributed by atoms with Gasteiger partial charge in [-0.3, -0.25) is 0 Å². The quantitative estimate of drug-likeness (QED) is 0.831. The third-order valence-electron chi connectivity index (χ3n) is 3.72. The van der Waals surface area contributed by atoms with Crippen LogP contribution in [0, 0.1) is 6.92 Å². The molecule has 1 unspecified atom stereocenters. The molecule has 3 N–H and O–H groups in total. The van der Waals surface area contributed by atoms with Crippen LogP contribution in [0.5, 0.6) is 0 Å². The van der Waals surface area contributed by atoms with Gasteiger partial charge in [-0.25, -0.2) is 4.98 Å². The number of nitrogens with two attached hydrogens (primary N) is 1. The Morgan fingerprint density at radius 3 is 3.00 bits per heavy atom. The molecule has 108 valence electrons. The molecule has 2 heterocycles. The summed E-state index contributed by atoms with van der Waals surface area (Å²) in [6.07, 6.45) is 2.00. The number of hydrogen-bond donors (Lipinski definition) is 2. The second-order valence-corrected chi connectivity index (χ2v) is 7.32. The van der Waals surface area contributed by atoms with Crippen molar-refractivity contribution < 1.29 is 4.74 Å². The number of nitrogens with zero attached hydrogens (tertiary/aromatic N) is 1. The van der Waals surface area contributed by atoms with Crippen LogP contribution >= 0.6 is 11.3 Å². The summed E-state index contributed by atoms with van der Waals surface area (Å²) in [6.45, 7) is 7.09. The van der Waals surface area contributed by atoms with Crippen molar-refractivity contribution >= 4 is 32.9 Å². The van der Waals surface area contributed by atoms with Crippen LogP contribution in [0.4, 0.5) is 11.4 Å². The van der Waals surface area contributed by atoms with Crippen molar-refractivity contribution in [2.75, 3.05) is 17.7 Å². The van der Waals surface area contributed by atoms with Gasteiger partial charge >= 0.3 is 0 Å². The van der Waals surface area contributed by atoms with Crippen molar-refractivity contribution in [3.05, 3.63) is 17.1 Å². The Hall–Kier alpha value is -1.33. The van der Waals surface area contributed by atoms with E-state index in [0.29, 0.717) is 6.04 Å². The van der Waals surface area contributed by atoms with E-state index in [1.165, 1.54) is 0 Å². The molecule has 0 saturated carbocycles. The van der Waals surface area contributed by atoms with Crippen LogP contribution in [0.15, 0.2) is 12.1 Å². The van der Waals surface area contributed by atoms with E-state index in [4.69, 9.17) is 10.5 Å². The molecule has 0 aliphatic carbocycles. The maximum absolute atomic E-state index is 6.17. The molecule has 1 atom stereocenters. The van der Waals surface area contributed by atoms with Gasteiger partial charge in [0.05, 0.1) is 32.2 Å². The molecule has 0 radical (unpaired) electrons. The molecule has 1 fully saturated rings. The summed E-state index contributed by atoms with van der Waals surface area (Å²) in [5.74, 6) is 0. The molecular weight excluding hydrogens is 270 g/mol. The molecule has 1 aliphatic heterocycles. The Kier molecular flexibility index (Phi) is 3.34. The lowest BCUT2D eigenvalue weighted by Crippen LogP contribution is -2.40. The van der Waals surface area contributed by atoms with Crippen LogP contribution in [0.25, 0.3) is 10.2 Å². The minimum Gasteiger partial charge on any atom is -0.397 e. The van der Waals surface area contributed by atoms with Gasteiger partial charge in [-0.05, 0) is 45.7 Å². The van der Waals surface area contributed by atoms with Crippen LogP contribution in [-0.2, 0) is 4.74 Å². The highest BCUT2D eigenvalue weighted by atomic mass is 32.1. The van der Waals surface area contributed by atoms with Gasteiger partial charge in [0.25, 0.3) is 0 Å². The summed E-state index contributed by atoms with van der Waals surface area (Å²) in [5.41, 5.74) is 8.91. The van der Waals surface area contributed by atoms with Gasteiger partial charge in [0.2, 0.25) is 0 Å². The number of aryl methyl sites for hydroxylation is 1. The summed E-state index contributed by atoms with van der Waals surface area (Å²) < 4.78 is 6.91. The van der Waals surface area contributed by atoms with E-state index in [-0.39, 0.29) is 5.60 Å². The molecular formula is C15H21N3OS. The third kappa shape index (κ3) is 2.74. The summed E-state index contributed by atoms with van der Waals surface area (Å²) in [5, 5.41) is 4.64. The molecule has 1 aliphatic rings. The molecule has 0 amide bonds. The molecule has 1 aromatic carbocycles. The monoisotopic (exact) mass is 291 g/mol. The molecule has 0 bridgehead atoms. The fraction of sp³-hybridized carbons (Fsp3) is 0.533. The fourth-order valence-corrected chi connectivity index (χ4v) is 3.66.